The molecular weight excluding hydrogens is 839 g/mol. The van der Waals surface area contributed by atoms with E-state index in [1.807, 2.05) is 25.2 Å². The molecule has 64 heavy (non-hydrogen) atoms. The van der Waals surface area contributed by atoms with Crippen molar-refractivity contribution in [2.75, 3.05) is 49.6 Å². The number of halogens is 4. The normalized spacial score (nSPS) is 25.0. The first-order valence-corrected chi connectivity index (χ1v) is 21.8. The summed E-state index contributed by atoms with van der Waals surface area (Å²) in [5.74, 6) is 2.29. The van der Waals surface area contributed by atoms with E-state index in [0.717, 1.165) is 74.6 Å². The third kappa shape index (κ3) is 7.87. The Bertz CT molecular complexity index is 2670. The molecule has 4 saturated heterocycles. The highest BCUT2D eigenvalue weighted by Gasteiger charge is 2.62. The number of amides is 3. The number of imide groups is 1. The number of anilines is 2. The van der Waals surface area contributed by atoms with E-state index < -0.39 is 42.0 Å². The number of likely N-dealkylation sites (tertiary alicyclic amines) is 1. The lowest BCUT2D eigenvalue weighted by molar-refractivity contribution is -0.134. The quantitative estimate of drug-likeness (QED) is 0.110. The van der Waals surface area contributed by atoms with Crippen molar-refractivity contribution in [3.05, 3.63) is 65.4 Å². The lowest BCUT2D eigenvalue weighted by Crippen LogP contribution is -2.40. The van der Waals surface area contributed by atoms with Crippen molar-refractivity contribution >= 4 is 45.8 Å². The summed E-state index contributed by atoms with van der Waals surface area (Å²) >= 11 is 0. The molecule has 336 valence electrons. The van der Waals surface area contributed by atoms with Gasteiger partial charge >= 0.3 is 0 Å². The number of para-hydroxylation sites is 1. The molecule has 1 aliphatic carbocycles. The summed E-state index contributed by atoms with van der Waals surface area (Å²) in [7, 11) is 1.83. The van der Waals surface area contributed by atoms with Crippen LogP contribution in [0.1, 0.15) is 97.1 Å². The van der Waals surface area contributed by atoms with Gasteiger partial charge in [0, 0.05) is 50.9 Å². The van der Waals surface area contributed by atoms with Gasteiger partial charge in [-0.25, -0.2) is 27.1 Å². The number of aryl methyl sites for hydroxylation is 1. The number of hydrogen-bond acceptors (Lipinski definition) is 11. The van der Waals surface area contributed by atoms with Crippen molar-refractivity contribution < 1.29 is 41.4 Å². The molecule has 0 spiro atoms. The monoisotopic (exact) mass is 885 g/mol. The van der Waals surface area contributed by atoms with Crippen molar-refractivity contribution in [1.82, 2.24) is 44.4 Å². The topological polar surface area (TPSA) is 166 Å². The number of carbonyl (C=O) groups excluding carboxylic acids is 3. The van der Waals surface area contributed by atoms with Crippen molar-refractivity contribution in [1.29, 1.82) is 0 Å². The molecule has 10 rings (SSSR count). The van der Waals surface area contributed by atoms with Gasteiger partial charge in [0.1, 0.15) is 30.1 Å². The van der Waals surface area contributed by atoms with E-state index >= 15 is 0 Å². The second-order valence-electron chi connectivity index (χ2n) is 17.4. The zero-order valence-corrected chi connectivity index (χ0v) is 35.1. The molecule has 1 saturated carbocycles. The first-order valence-electron chi connectivity index (χ1n) is 21.8. The first kappa shape index (κ1) is 42.1. The second kappa shape index (κ2) is 16.9. The Morgan fingerprint density at radius 3 is 2.62 bits per heavy atom. The molecule has 4 aliphatic heterocycles. The third-order valence-corrected chi connectivity index (χ3v) is 13.5. The zero-order chi connectivity index (χ0) is 44.3. The molecule has 0 radical (unpaired) electrons. The molecule has 2 N–H and O–H groups in total. The van der Waals surface area contributed by atoms with Crippen molar-refractivity contribution in [3.63, 3.8) is 0 Å². The summed E-state index contributed by atoms with van der Waals surface area (Å²) in [6, 6.07) is 6.02. The maximum absolute atomic E-state index is 14.6. The van der Waals surface area contributed by atoms with Gasteiger partial charge in [0.05, 0.1) is 59.9 Å². The van der Waals surface area contributed by atoms with Gasteiger partial charge in [-0.2, -0.15) is 15.3 Å². The summed E-state index contributed by atoms with van der Waals surface area (Å²) in [5, 5.41) is 18.9. The molecule has 3 atom stereocenters. The summed E-state index contributed by atoms with van der Waals surface area (Å²) in [6.07, 6.45) is 6.01. The Morgan fingerprint density at radius 1 is 1.08 bits per heavy atom. The lowest BCUT2D eigenvalue weighted by atomic mass is 9.85. The SMILES string of the molecule is Cn1nc(C2CCC(=O)NC2=O)c2cccc(C#CCOC3CCN(CC4CCC(n5cc(NC(=O)c6cnn7ccc(N8CC9OCC8C9(F)F)nc67)c(C(F)F)n5)CC4)CC3)c21. The zero-order valence-electron chi connectivity index (χ0n) is 35.1. The Balaban J connectivity index is 0.699. The number of rotatable bonds is 10. The van der Waals surface area contributed by atoms with E-state index in [4.69, 9.17) is 9.47 Å². The molecule has 3 amide bonds. The van der Waals surface area contributed by atoms with Crippen LogP contribution in [-0.2, 0) is 26.1 Å². The number of benzene rings is 1. The van der Waals surface area contributed by atoms with Crippen LogP contribution in [0.25, 0.3) is 16.6 Å². The van der Waals surface area contributed by atoms with E-state index in [1.165, 1.54) is 28.0 Å². The van der Waals surface area contributed by atoms with E-state index in [1.54, 1.807) is 15.4 Å². The highest BCUT2D eigenvalue weighted by molar-refractivity contribution is 6.08. The maximum atomic E-state index is 14.6. The number of piperidine rings is 2. The van der Waals surface area contributed by atoms with Crippen LogP contribution in [0.2, 0.25) is 0 Å². The van der Waals surface area contributed by atoms with Crippen LogP contribution in [0.15, 0.2) is 42.9 Å². The molecule has 5 fully saturated rings. The first-order chi connectivity index (χ1) is 30.9. The van der Waals surface area contributed by atoms with Crippen LogP contribution in [0.3, 0.4) is 0 Å². The molecule has 3 unspecified atom stereocenters. The van der Waals surface area contributed by atoms with Gasteiger partial charge in [-0.15, -0.1) is 0 Å². The van der Waals surface area contributed by atoms with Crippen LogP contribution in [0, 0.1) is 17.8 Å². The molecular formula is C44H47F4N11O5. The van der Waals surface area contributed by atoms with Gasteiger partial charge < -0.3 is 24.6 Å². The maximum Gasteiger partial charge on any atom is 0.297 e. The van der Waals surface area contributed by atoms with Crippen LogP contribution in [0.5, 0.6) is 0 Å². The smallest absolute Gasteiger partial charge is 0.297 e. The fourth-order valence-electron chi connectivity index (χ4n) is 10.1. The van der Waals surface area contributed by atoms with Gasteiger partial charge in [-0.3, -0.25) is 29.1 Å². The predicted molar refractivity (Wildman–Crippen MR) is 223 cm³/mol. The molecule has 2 bridgehead atoms. The number of fused-ring (bicyclic) bond motifs is 4. The molecule has 5 aromatic rings. The number of aromatic nitrogens is 7. The highest BCUT2D eigenvalue weighted by Crippen LogP contribution is 2.43. The van der Waals surface area contributed by atoms with Gasteiger partial charge in [0.15, 0.2) is 11.3 Å². The average molecular weight is 886 g/mol. The van der Waals surface area contributed by atoms with E-state index in [9.17, 15) is 31.9 Å². The molecule has 5 aliphatic rings. The fourth-order valence-corrected chi connectivity index (χ4v) is 10.1. The Kier molecular flexibility index (Phi) is 11.1. The van der Waals surface area contributed by atoms with Crippen molar-refractivity contribution in [2.45, 2.75) is 93.9 Å². The van der Waals surface area contributed by atoms with Crippen molar-refractivity contribution in [3.8, 4) is 11.8 Å². The van der Waals surface area contributed by atoms with Crippen LogP contribution < -0.4 is 15.5 Å². The van der Waals surface area contributed by atoms with Gasteiger partial charge in [0.2, 0.25) is 11.8 Å². The summed E-state index contributed by atoms with van der Waals surface area (Å²) in [6.45, 7) is 2.86. The third-order valence-electron chi connectivity index (χ3n) is 13.5. The van der Waals surface area contributed by atoms with Crippen LogP contribution >= 0.6 is 0 Å². The molecule has 1 aromatic carbocycles. The Morgan fingerprint density at radius 2 is 1.89 bits per heavy atom. The van der Waals surface area contributed by atoms with E-state index in [-0.39, 0.29) is 72.9 Å². The molecule has 8 heterocycles. The average Bonchev–Trinajstić information content (AvgIpc) is 4.10. The lowest BCUT2D eigenvalue weighted by Gasteiger charge is -2.36. The summed E-state index contributed by atoms with van der Waals surface area (Å²) in [4.78, 5) is 46.2. The van der Waals surface area contributed by atoms with Crippen LogP contribution in [-0.4, -0.2) is 120 Å². The minimum absolute atomic E-state index is 0.00594. The summed E-state index contributed by atoms with van der Waals surface area (Å²) < 4.78 is 73.7. The number of hydrogen-bond donors (Lipinski definition) is 2. The standard InChI is InChI=1S/C44H47F4N11O5/c1-55-39-26(4-2-6-29(39)37(53-55)30-11-12-36(60)52-42(30)61)5-3-19-63-28-13-16-56(17-14-28)21-25-7-9-27(10-8-25)59-22-32(38(54-59)40(45)46)50-43(62)31-20-49-58-18-15-35(51-41(31)58)57-23-34-44(47,48)33(57)24-64-34/h2,4,6,15,18,20,22,25,27-28,30,33-34,40H,7-14,16-17,19,21,23-24H2,1H3,(H,50,62)(H,52,60,61). The highest BCUT2D eigenvalue weighted by atomic mass is 19.3. The van der Waals surface area contributed by atoms with E-state index in [0.29, 0.717) is 18.0 Å². The second-order valence-corrected chi connectivity index (χ2v) is 17.4. The number of morpholine rings is 1. The van der Waals surface area contributed by atoms with Gasteiger partial charge in [-0.05, 0) is 63.0 Å². The molecule has 4 aromatic heterocycles. The van der Waals surface area contributed by atoms with Gasteiger partial charge in [-0.1, -0.05) is 24.0 Å². The van der Waals surface area contributed by atoms with E-state index in [2.05, 4.69) is 47.7 Å². The Hall–Kier alpha value is -5.91. The fraction of sp³-hybridized carbons (Fsp3) is 0.523. The van der Waals surface area contributed by atoms with Crippen molar-refractivity contribution in [2.24, 2.45) is 13.0 Å². The number of nitrogens with one attached hydrogen (secondary N) is 2. The number of nitrogens with zero attached hydrogens (tertiary/aromatic N) is 9. The molecule has 16 nitrogen and oxygen atoms in total. The van der Waals surface area contributed by atoms with Crippen LogP contribution in [0.4, 0.5) is 29.1 Å². The number of alkyl halides is 4. The number of carbonyl (C=O) groups is 3. The minimum Gasteiger partial charge on any atom is -0.368 e. The number of ether oxygens (including phenoxy) is 2. The van der Waals surface area contributed by atoms with Gasteiger partial charge in [0.25, 0.3) is 18.3 Å². The largest absolute Gasteiger partial charge is 0.368 e. The molecule has 20 heteroatoms. The minimum atomic E-state index is -3.02. The summed E-state index contributed by atoms with van der Waals surface area (Å²) in [5.41, 5.74) is 1.76. The predicted octanol–water partition coefficient (Wildman–Crippen LogP) is 5.01. The Labute approximate surface area is 364 Å².